The molecule has 2 aromatic rings. The van der Waals surface area contributed by atoms with Crippen molar-refractivity contribution in [2.45, 2.75) is 26.0 Å². The van der Waals surface area contributed by atoms with E-state index in [2.05, 4.69) is 0 Å². The van der Waals surface area contributed by atoms with Crippen molar-refractivity contribution in [1.82, 2.24) is 4.90 Å². The van der Waals surface area contributed by atoms with Gasteiger partial charge in [0.1, 0.15) is 17.2 Å². The van der Waals surface area contributed by atoms with E-state index in [4.69, 9.17) is 14.2 Å². The van der Waals surface area contributed by atoms with Crippen LogP contribution in [-0.2, 0) is 11.3 Å². The number of amides is 1. The predicted octanol–water partition coefficient (Wildman–Crippen LogP) is 3.52. The molecule has 0 saturated carbocycles. The highest BCUT2D eigenvalue weighted by Crippen LogP contribution is 2.21. The van der Waals surface area contributed by atoms with Crippen molar-refractivity contribution in [2.75, 3.05) is 21.3 Å². The fourth-order valence-corrected chi connectivity index (χ4v) is 2.54. The molecule has 1 atom stereocenters. The van der Waals surface area contributed by atoms with Gasteiger partial charge in [-0.2, -0.15) is 0 Å². The van der Waals surface area contributed by atoms with E-state index in [1.807, 2.05) is 43.3 Å². The first-order valence-electron chi connectivity index (χ1n) is 8.26. The van der Waals surface area contributed by atoms with Crippen LogP contribution in [0.15, 0.2) is 48.5 Å². The van der Waals surface area contributed by atoms with Gasteiger partial charge in [-0.25, -0.2) is 0 Å². The highest BCUT2D eigenvalue weighted by molar-refractivity contribution is 5.81. The van der Waals surface area contributed by atoms with Crippen LogP contribution < -0.4 is 14.2 Å². The molecule has 0 radical (unpaired) electrons. The van der Waals surface area contributed by atoms with E-state index in [0.29, 0.717) is 18.7 Å². The van der Waals surface area contributed by atoms with Crippen LogP contribution in [0.1, 0.15) is 18.9 Å². The van der Waals surface area contributed by atoms with E-state index in [-0.39, 0.29) is 5.91 Å². The molecular formula is C20H25NO4. The van der Waals surface area contributed by atoms with Crippen LogP contribution in [-0.4, -0.2) is 38.2 Å². The average Bonchev–Trinajstić information content (AvgIpc) is 2.66. The summed E-state index contributed by atoms with van der Waals surface area (Å²) >= 11 is 0. The monoisotopic (exact) mass is 343 g/mol. The molecule has 25 heavy (non-hydrogen) atoms. The Bertz CT molecular complexity index is 684. The molecule has 2 rings (SSSR count). The lowest BCUT2D eigenvalue weighted by Gasteiger charge is -2.24. The van der Waals surface area contributed by atoms with E-state index in [9.17, 15) is 4.79 Å². The molecule has 2 aromatic carbocycles. The number of likely N-dealkylation sites (N-methyl/N-ethyl adjacent to an activating group) is 1. The molecule has 0 spiro atoms. The number of carbonyl (C=O) groups excluding carboxylic acids is 1. The maximum absolute atomic E-state index is 12.7. The standard InChI is InChI=1S/C20H25NO4/c1-5-18(25-17-12-10-16(23-3)11-13-17)20(22)21(2)14-15-8-6-7-9-19(15)24-4/h6-13,18H,5,14H2,1-4H3/t18-/m0/s1. The summed E-state index contributed by atoms with van der Waals surface area (Å²) in [7, 11) is 5.01. The Morgan fingerprint density at radius 1 is 1.00 bits per heavy atom. The number of para-hydroxylation sites is 1. The van der Waals surface area contributed by atoms with E-state index in [1.165, 1.54) is 0 Å². The third-order valence-corrected chi connectivity index (χ3v) is 3.96. The SMILES string of the molecule is CC[C@H](Oc1ccc(OC)cc1)C(=O)N(C)Cc1ccccc1OC. The molecule has 5 heteroatoms. The molecule has 0 aliphatic heterocycles. The number of nitrogens with zero attached hydrogens (tertiary/aromatic N) is 1. The zero-order chi connectivity index (χ0) is 18.2. The van der Waals surface area contributed by atoms with Crippen molar-refractivity contribution in [2.24, 2.45) is 0 Å². The molecule has 0 aliphatic rings. The van der Waals surface area contributed by atoms with Crippen molar-refractivity contribution >= 4 is 5.91 Å². The molecule has 0 heterocycles. The molecule has 0 unspecified atom stereocenters. The first-order valence-corrected chi connectivity index (χ1v) is 8.26. The Morgan fingerprint density at radius 2 is 1.64 bits per heavy atom. The first kappa shape index (κ1) is 18.6. The highest BCUT2D eigenvalue weighted by Gasteiger charge is 2.23. The maximum Gasteiger partial charge on any atom is 0.263 e. The normalized spacial score (nSPS) is 11.5. The van der Waals surface area contributed by atoms with E-state index < -0.39 is 6.10 Å². The second kappa shape index (κ2) is 8.97. The summed E-state index contributed by atoms with van der Waals surface area (Å²) in [5, 5.41) is 0. The van der Waals surface area contributed by atoms with Gasteiger partial charge in [-0.3, -0.25) is 4.79 Å². The second-order valence-electron chi connectivity index (χ2n) is 5.70. The fraction of sp³-hybridized carbons (Fsp3) is 0.350. The number of benzene rings is 2. The molecule has 134 valence electrons. The third kappa shape index (κ3) is 4.89. The number of hydrogen-bond acceptors (Lipinski definition) is 4. The van der Waals surface area contributed by atoms with Gasteiger partial charge in [0.2, 0.25) is 0 Å². The lowest BCUT2D eigenvalue weighted by atomic mass is 10.1. The minimum Gasteiger partial charge on any atom is -0.497 e. The molecule has 1 amide bonds. The number of methoxy groups -OCH3 is 2. The second-order valence-corrected chi connectivity index (χ2v) is 5.70. The first-order chi connectivity index (χ1) is 12.1. The van der Waals surface area contributed by atoms with Gasteiger partial charge in [-0.05, 0) is 36.8 Å². The van der Waals surface area contributed by atoms with E-state index >= 15 is 0 Å². The van der Waals surface area contributed by atoms with Crippen molar-refractivity contribution < 1.29 is 19.0 Å². The fourth-order valence-electron chi connectivity index (χ4n) is 2.54. The summed E-state index contributed by atoms with van der Waals surface area (Å²) in [5.74, 6) is 2.10. The minimum atomic E-state index is -0.534. The third-order valence-electron chi connectivity index (χ3n) is 3.96. The summed E-state index contributed by atoms with van der Waals surface area (Å²) in [6.45, 7) is 2.40. The largest absolute Gasteiger partial charge is 0.497 e. The topological polar surface area (TPSA) is 48.0 Å². The summed E-state index contributed by atoms with van der Waals surface area (Å²) in [6.07, 6.45) is 0.0503. The molecule has 0 aliphatic carbocycles. The molecule has 0 N–H and O–H groups in total. The van der Waals surface area contributed by atoms with Gasteiger partial charge in [0.25, 0.3) is 5.91 Å². The van der Waals surface area contributed by atoms with Crippen LogP contribution in [0.4, 0.5) is 0 Å². The van der Waals surface area contributed by atoms with Crippen LogP contribution in [0.2, 0.25) is 0 Å². The Balaban J connectivity index is 2.04. The predicted molar refractivity (Wildman–Crippen MR) is 97.2 cm³/mol. The molecule has 0 saturated heterocycles. The van der Waals surface area contributed by atoms with Crippen LogP contribution in [0.3, 0.4) is 0 Å². The lowest BCUT2D eigenvalue weighted by molar-refractivity contribution is -0.138. The Morgan fingerprint density at radius 3 is 2.24 bits per heavy atom. The van der Waals surface area contributed by atoms with E-state index in [1.54, 1.807) is 38.3 Å². The smallest absolute Gasteiger partial charge is 0.263 e. The van der Waals surface area contributed by atoms with Gasteiger partial charge in [0.15, 0.2) is 6.10 Å². The van der Waals surface area contributed by atoms with Gasteiger partial charge in [0, 0.05) is 19.2 Å². The molecule has 0 fully saturated rings. The molecular weight excluding hydrogens is 318 g/mol. The van der Waals surface area contributed by atoms with Gasteiger partial charge in [0.05, 0.1) is 14.2 Å². The van der Waals surface area contributed by atoms with Crippen LogP contribution in [0, 0.1) is 0 Å². The van der Waals surface area contributed by atoms with Gasteiger partial charge >= 0.3 is 0 Å². The van der Waals surface area contributed by atoms with Crippen molar-refractivity contribution in [1.29, 1.82) is 0 Å². The summed E-state index contributed by atoms with van der Waals surface area (Å²) in [4.78, 5) is 14.4. The molecule has 0 bridgehead atoms. The summed E-state index contributed by atoms with van der Waals surface area (Å²) in [5.41, 5.74) is 0.958. The van der Waals surface area contributed by atoms with Crippen LogP contribution in [0.25, 0.3) is 0 Å². The Labute approximate surface area is 149 Å². The number of carbonyl (C=O) groups is 1. The van der Waals surface area contributed by atoms with Crippen molar-refractivity contribution in [3.05, 3.63) is 54.1 Å². The molecule has 0 aromatic heterocycles. The lowest BCUT2D eigenvalue weighted by Crippen LogP contribution is -2.39. The van der Waals surface area contributed by atoms with Crippen LogP contribution in [0.5, 0.6) is 17.2 Å². The Kier molecular flexibility index (Phi) is 6.69. The van der Waals surface area contributed by atoms with Gasteiger partial charge in [-0.15, -0.1) is 0 Å². The minimum absolute atomic E-state index is 0.0655. The Hall–Kier alpha value is -2.69. The summed E-state index contributed by atoms with van der Waals surface area (Å²) in [6, 6.07) is 14.9. The van der Waals surface area contributed by atoms with Gasteiger partial charge < -0.3 is 19.1 Å². The zero-order valence-corrected chi connectivity index (χ0v) is 15.2. The number of hydrogen-bond donors (Lipinski definition) is 0. The zero-order valence-electron chi connectivity index (χ0n) is 15.2. The van der Waals surface area contributed by atoms with Crippen molar-refractivity contribution in [3.8, 4) is 17.2 Å². The summed E-state index contributed by atoms with van der Waals surface area (Å²) < 4.78 is 16.3. The van der Waals surface area contributed by atoms with Gasteiger partial charge in [-0.1, -0.05) is 25.1 Å². The maximum atomic E-state index is 12.7. The van der Waals surface area contributed by atoms with Crippen molar-refractivity contribution in [3.63, 3.8) is 0 Å². The number of rotatable bonds is 8. The highest BCUT2D eigenvalue weighted by atomic mass is 16.5. The quantitative estimate of drug-likeness (QED) is 0.736. The molecule has 5 nitrogen and oxygen atoms in total. The van der Waals surface area contributed by atoms with Crippen LogP contribution >= 0.6 is 0 Å². The van der Waals surface area contributed by atoms with E-state index in [0.717, 1.165) is 17.1 Å². The average molecular weight is 343 g/mol. The number of ether oxygens (including phenoxy) is 3.